The monoisotopic (exact) mass is 263 g/mol. The molecule has 0 saturated carbocycles. The molecule has 0 radical (unpaired) electrons. The molecule has 0 unspecified atom stereocenters. The Morgan fingerprint density at radius 1 is 1.57 bits per heavy atom. The van der Waals surface area contributed by atoms with Gasteiger partial charge in [0, 0.05) is 23.3 Å². The second-order valence-electron chi connectivity index (χ2n) is 2.96. The molecule has 14 heavy (non-hydrogen) atoms. The van der Waals surface area contributed by atoms with Crippen LogP contribution in [0.3, 0.4) is 0 Å². The number of pyridine rings is 1. The fourth-order valence-corrected chi connectivity index (χ4v) is 1.07. The van der Waals surface area contributed by atoms with Crippen LogP contribution in [0, 0.1) is 0 Å². The summed E-state index contributed by atoms with van der Waals surface area (Å²) in [5.41, 5.74) is 0.347. The van der Waals surface area contributed by atoms with Crippen LogP contribution in [-0.2, 0) is 11.2 Å². The smallest absolute Gasteiger partial charge is 0.293 e. The highest BCUT2D eigenvalue weighted by molar-refractivity contribution is 9.10. The van der Waals surface area contributed by atoms with E-state index in [9.17, 15) is 13.6 Å². The van der Waals surface area contributed by atoms with Crippen molar-refractivity contribution in [2.75, 3.05) is 0 Å². The van der Waals surface area contributed by atoms with Gasteiger partial charge in [0.2, 0.25) is 5.78 Å². The fraction of sp³-hybridized carbons (Fsp3) is 0.333. The Labute approximate surface area is 88.5 Å². The topological polar surface area (TPSA) is 30.0 Å². The molecule has 1 aromatic rings. The van der Waals surface area contributed by atoms with Gasteiger partial charge < -0.3 is 0 Å². The van der Waals surface area contributed by atoms with Gasteiger partial charge in [-0.3, -0.25) is 9.78 Å². The molecule has 0 aliphatic rings. The van der Waals surface area contributed by atoms with Gasteiger partial charge in [-0.05, 0) is 28.1 Å². The first-order valence-corrected chi connectivity index (χ1v) is 4.70. The Hall–Kier alpha value is -0.840. The van der Waals surface area contributed by atoms with Gasteiger partial charge in [0.1, 0.15) is 0 Å². The van der Waals surface area contributed by atoms with Crippen LogP contribution in [-0.4, -0.2) is 16.7 Å². The van der Waals surface area contributed by atoms with Gasteiger partial charge in [-0.2, -0.15) is 8.78 Å². The van der Waals surface area contributed by atoms with E-state index < -0.39 is 11.7 Å². The number of nitrogens with zero attached hydrogens (tertiary/aromatic N) is 1. The Morgan fingerprint density at radius 3 is 2.64 bits per heavy atom. The molecule has 5 heteroatoms. The van der Waals surface area contributed by atoms with Gasteiger partial charge in [0.25, 0.3) is 0 Å². The molecule has 0 atom stereocenters. The fourth-order valence-electron chi connectivity index (χ4n) is 0.831. The van der Waals surface area contributed by atoms with Crippen LogP contribution in [0.5, 0.6) is 0 Å². The van der Waals surface area contributed by atoms with Crippen molar-refractivity contribution in [2.45, 2.75) is 19.3 Å². The summed E-state index contributed by atoms with van der Waals surface area (Å²) in [5, 5.41) is 0. The van der Waals surface area contributed by atoms with Gasteiger partial charge in [-0.15, -0.1) is 0 Å². The van der Waals surface area contributed by atoms with Gasteiger partial charge in [0.15, 0.2) is 0 Å². The minimum absolute atomic E-state index is 0.337. The lowest BCUT2D eigenvalue weighted by Gasteiger charge is -2.07. The summed E-state index contributed by atoms with van der Waals surface area (Å²) in [5.74, 6) is -4.40. The number of carbonyl (C=O) groups excluding carboxylic acids is 1. The van der Waals surface area contributed by atoms with Gasteiger partial charge in [0.05, 0.1) is 6.42 Å². The first-order chi connectivity index (χ1) is 6.39. The van der Waals surface area contributed by atoms with Crippen LogP contribution in [0.25, 0.3) is 0 Å². The van der Waals surface area contributed by atoms with E-state index in [2.05, 4.69) is 20.9 Å². The third-order valence-corrected chi connectivity index (χ3v) is 2.09. The van der Waals surface area contributed by atoms with Crippen LogP contribution >= 0.6 is 15.9 Å². The van der Waals surface area contributed by atoms with Crippen molar-refractivity contribution in [3.63, 3.8) is 0 Å². The molecule has 0 aliphatic heterocycles. The number of rotatable bonds is 3. The predicted octanol–water partition coefficient (Wildman–Crippen LogP) is 2.61. The van der Waals surface area contributed by atoms with Gasteiger partial charge in [-0.1, -0.05) is 0 Å². The van der Waals surface area contributed by atoms with Crippen molar-refractivity contribution in [3.05, 3.63) is 28.5 Å². The summed E-state index contributed by atoms with van der Waals surface area (Å²) in [7, 11) is 0. The summed E-state index contributed by atoms with van der Waals surface area (Å²) in [4.78, 5) is 14.7. The van der Waals surface area contributed by atoms with Crippen molar-refractivity contribution >= 4 is 21.7 Å². The zero-order valence-electron chi connectivity index (χ0n) is 7.43. The Bertz CT molecular complexity index is 332. The SMILES string of the molecule is CC(F)(F)C(=O)Cc1ccc(Br)cn1. The summed E-state index contributed by atoms with van der Waals surface area (Å²) < 4.78 is 25.7. The average molecular weight is 264 g/mol. The maximum atomic E-state index is 12.5. The molecular formula is C9H8BrF2NO. The number of Topliss-reactive ketones (excluding diaryl/α,β-unsaturated/α-hetero) is 1. The number of carbonyl (C=O) groups is 1. The number of ketones is 1. The van der Waals surface area contributed by atoms with E-state index in [4.69, 9.17) is 0 Å². The highest BCUT2D eigenvalue weighted by atomic mass is 79.9. The quantitative estimate of drug-likeness (QED) is 0.839. The lowest BCUT2D eigenvalue weighted by Crippen LogP contribution is -2.26. The lowest BCUT2D eigenvalue weighted by atomic mass is 10.1. The molecule has 0 aromatic carbocycles. The first kappa shape index (κ1) is 11.2. The minimum Gasteiger partial charge on any atom is -0.293 e. The van der Waals surface area contributed by atoms with Gasteiger partial charge in [-0.25, -0.2) is 0 Å². The third kappa shape index (κ3) is 3.14. The van der Waals surface area contributed by atoms with Gasteiger partial charge >= 0.3 is 5.92 Å². The number of hydrogen-bond donors (Lipinski definition) is 0. The predicted molar refractivity (Wildman–Crippen MR) is 51.3 cm³/mol. The number of hydrogen-bond acceptors (Lipinski definition) is 2. The van der Waals surface area contributed by atoms with Crippen LogP contribution in [0.2, 0.25) is 0 Å². The van der Waals surface area contributed by atoms with Crippen molar-refractivity contribution in [1.29, 1.82) is 0 Å². The van der Waals surface area contributed by atoms with E-state index in [1.165, 1.54) is 12.3 Å². The van der Waals surface area contributed by atoms with E-state index in [-0.39, 0.29) is 6.42 Å². The summed E-state index contributed by atoms with van der Waals surface area (Å²) in [6.07, 6.45) is 1.13. The zero-order valence-corrected chi connectivity index (χ0v) is 9.01. The summed E-state index contributed by atoms with van der Waals surface area (Å²) >= 11 is 3.16. The molecule has 76 valence electrons. The molecule has 0 fully saturated rings. The molecule has 0 saturated heterocycles. The van der Waals surface area contributed by atoms with E-state index in [1.807, 2.05) is 0 Å². The molecule has 0 amide bonds. The van der Waals surface area contributed by atoms with Crippen LogP contribution in [0.4, 0.5) is 8.78 Å². The number of alkyl halides is 2. The van der Waals surface area contributed by atoms with Crippen molar-refractivity contribution < 1.29 is 13.6 Å². The maximum Gasteiger partial charge on any atom is 0.302 e. The highest BCUT2D eigenvalue weighted by Crippen LogP contribution is 2.16. The first-order valence-electron chi connectivity index (χ1n) is 3.91. The molecule has 0 spiro atoms. The standard InChI is InChI=1S/C9H8BrF2NO/c1-9(11,12)8(14)4-7-3-2-6(10)5-13-7/h2-3,5H,4H2,1H3. The summed E-state index contributed by atoms with van der Waals surface area (Å²) in [6.45, 7) is 0.591. The molecule has 0 aliphatic carbocycles. The molecule has 0 N–H and O–H groups in total. The zero-order chi connectivity index (χ0) is 10.8. The maximum absolute atomic E-state index is 12.5. The Morgan fingerprint density at radius 2 is 2.21 bits per heavy atom. The minimum atomic E-state index is -3.28. The average Bonchev–Trinajstić information content (AvgIpc) is 2.07. The van der Waals surface area contributed by atoms with Crippen LogP contribution in [0.1, 0.15) is 12.6 Å². The number of aromatic nitrogens is 1. The molecule has 2 nitrogen and oxygen atoms in total. The molecule has 1 heterocycles. The third-order valence-electron chi connectivity index (χ3n) is 1.62. The Balaban J connectivity index is 2.71. The van der Waals surface area contributed by atoms with Crippen molar-refractivity contribution in [2.24, 2.45) is 0 Å². The molecule has 0 bridgehead atoms. The second-order valence-corrected chi connectivity index (χ2v) is 3.87. The van der Waals surface area contributed by atoms with E-state index in [0.29, 0.717) is 12.6 Å². The van der Waals surface area contributed by atoms with Crippen molar-refractivity contribution in [1.82, 2.24) is 4.98 Å². The second kappa shape index (κ2) is 4.13. The van der Waals surface area contributed by atoms with E-state index in [0.717, 1.165) is 4.47 Å². The number of halogens is 3. The molecule has 1 aromatic heterocycles. The normalized spacial score (nSPS) is 11.4. The molecular weight excluding hydrogens is 256 g/mol. The van der Waals surface area contributed by atoms with Crippen LogP contribution in [0.15, 0.2) is 22.8 Å². The van der Waals surface area contributed by atoms with Crippen molar-refractivity contribution in [3.8, 4) is 0 Å². The molecule has 1 rings (SSSR count). The van der Waals surface area contributed by atoms with Crippen LogP contribution < -0.4 is 0 Å². The van der Waals surface area contributed by atoms with E-state index in [1.54, 1.807) is 6.07 Å². The largest absolute Gasteiger partial charge is 0.302 e. The Kier molecular flexibility index (Phi) is 3.31. The highest BCUT2D eigenvalue weighted by Gasteiger charge is 2.31. The lowest BCUT2D eigenvalue weighted by molar-refractivity contribution is -0.139. The van der Waals surface area contributed by atoms with E-state index >= 15 is 0 Å². The summed E-state index contributed by atoms with van der Waals surface area (Å²) in [6, 6.07) is 3.19.